The molecule has 3 aromatic heterocycles. The number of para-hydroxylation sites is 1. The van der Waals surface area contributed by atoms with Crippen LogP contribution in [-0.4, -0.2) is 31.0 Å². The maximum absolute atomic E-state index is 13.3. The third-order valence-electron chi connectivity index (χ3n) is 5.84. The lowest BCUT2D eigenvalue weighted by Gasteiger charge is -2.04. The lowest BCUT2D eigenvalue weighted by Crippen LogP contribution is -2.23. The first-order valence-corrected chi connectivity index (χ1v) is 13.3. The predicted molar refractivity (Wildman–Crippen MR) is 152 cm³/mol. The lowest BCUT2D eigenvalue weighted by molar-refractivity contribution is 0.340. The van der Waals surface area contributed by atoms with E-state index < -0.39 is 0 Å². The minimum atomic E-state index is -0.265. The molecule has 0 saturated carbocycles. The summed E-state index contributed by atoms with van der Waals surface area (Å²) in [6.07, 6.45) is 3.74. The summed E-state index contributed by atoms with van der Waals surface area (Å²) in [5.41, 5.74) is 3.69. The normalized spacial score (nSPS) is 11.9. The second-order valence-electron chi connectivity index (χ2n) is 8.34. The van der Waals surface area contributed by atoms with E-state index in [0.29, 0.717) is 37.5 Å². The number of rotatable bonds is 6. The molecular formula is C28H19Cl2N5O2S. The lowest BCUT2D eigenvalue weighted by atomic mass is 10.1. The van der Waals surface area contributed by atoms with Crippen molar-refractivity contribution < 1.29 is 4.74 Å². The van der Waals surface area contributed by atoms with Gasteiger partial charge in [0.1, 0.15) is 11.4 Å². The minimum absolute atomic E-state index is 0.265. The van der Waals surface area contributed by atoms with Crippen molar-refractivity contribution in [2.75, 3.05) is 6.61 Å². The van der Waals surface area contributed by atoms with Gasteiger partial charge in [-0.05, 0) is 67.6 Å². The molecule has 0 bridgehead atoms. The molecule has 0 aliphatic rings. The quantitative estimate of drug-likeness (QED) is 0.253. The number of benzene rings is 3. The Balaban J connectivity index is 1.46. The third kappa shape index (κ3) is 4.58. The number of ether oxygens (including phenoxy) is 1. The predicted octanol–water partition coefficient (Wildman–Crippen LogP) is 5.92. The topological polar surface area (TPSA) is 74.3 Å². The van der Waals surface area contributed by atoms with Gasteiger partial charge in [-0.3, -0.25) is 4.79 Å². The van der Waals surface area contributed by atoms with Crippen LogP contribution in [0.2, 0.25) is 10.0 Å². The number of hydrogen-bond donors (Lipinski definition) is 0. The molecule has 0 unspecified atom stereocenters. The molecule has 6 rings (SSSR count). The van der Waals surface area contributed by atoms with Crippen LogP contribution in [-0.2, 0) is 0 Å². The first kappa shape index (κ1) is 24.4. The number of fused-ring (bicyclic) bond motifs is 1. The minimum Gasteiger partial charge on any atom is -0.494 e. The van der Waals surface area contributed by atoms with Crippen LogP contribution < -0.4 is 14.8 Å². The zero-order valence-corrected chi connectivity index (χ0v) is 22.3. The molecule has 0 N–H and O–H groups in total. The van der Waals surface area contributed by atoms with Crippen LogP contribution >= 0.6 is 34.5 Å². The van der Waals surface area contributed by atoms with E-state index in [0.717, 1.165) is 28.3 Å². The van der Waals surface area contributed by atoms with Crippen LogP contribution in [0, 0.1) is 0 Å². The van der Waals surface area contributed by atoms with E-state index in [2.05, 4.69) is 10.1 Å². The summed E-state index contributed by atoms with van der Waals surface area (Å²) in [4.78, 5) is 18.3. The smallest absolute Gasteiger partial charge is 0.291 e. The highest BCUT2D eigenvalue weighted by Gasteiger charge is 2.16. The zero-order valence-electron chi connectivity index (χ0n) is 20.0. The monoisotopic (exact) mass is 559 g/mol. The summed E-state index contributed by atoms with van der Waals surface area (Å²) in [6.45, 7) is 2.54. The van der Waals surface area contributed by atoms with Crippen molar-refractivity contribution in [3.8, 4) is 34.1 Å². The van der Waals surface area contributed by atoms with Gasteiger partial charge in [0.2, 0.25) is 4.96 Å². The Labute approximate surface area is 231 Å². The van der Waals surface area contributed by atoms with Gasteiger partial charge in [0.05, 0.1) is 21.8 Å². The van der Waals surface area contributed by atoms with Gasteiger partial charge in [0.15, 0.2) is 5.82 Å². The summed E-state index contributed by atoms with van der Waals surface area (Å²) in [7, 11) is 0. The molecule has 0 saturated heterocycles. The van der Waals surface area contributed by atoms with E-state index >= 15 is 0 Å². The fraction of sp³-hybridized carbons (Fsp3) is 0.0714. The van der Waals surface area contributed by atoms with E-state index in [1.54, 1.807) is 22.9 Å². The van der Waals surface area contributed by atoms with Crippen LogP contribution in [0.1, 0.15) is 12.5 Å². The molecular weight excluding hydrogens is 541 g/mol. The fourth-order valence-corrected chi connectivity index (χ4v) is 5.46. The average Bonchev–Trinajstić information content (AvgIpc) is 3.60. The Morgan fingerprint density at radius 3 is 2.50 bits per heavy atom. The zero-order chi connectivity index (χ0) is 26.2. The molecule has 3 heterocycles. The van der Waals surface area contributed by atoms with Gasteiger partial charge in [-0.15, -0.1) is 5.10 Å². The van der Waals surface area contributed by atoms with Crippen LogP contribution in [0.15, 0.2) is 83.8 Å². The molecule has 0 atom stereocenters. The second kappa shape index (κ2) is 10.1. The van der Waals surface area contributed by atoms with Gasteiger partial charge in [-0.2, -0.15) is 14.6 Å². The highest BCUT2D eigenvalue weighted by Crippen LogP contribution is 2.29. The van der Waals surface area contributed by atoms with Gasteiger partial charge in [0, 0.05) is 27.9 Å². The molecule has 0 fully saturated rings. The fourth-order valence-electron chi connectivity index (χ4n) is 4.07. The molecule has 188 valence electrons. The van der Waals surface area contributed by atoms with E-state index in [1.165, 1.54) is 15.9 Å². The Hall–Kier alpha value is -3.98. The molecule has 0 radical (unpaired) electrons. The van der Waals surface area contributed by atoms with Crippen molar-refractivity contribution in [1.82, 2.24) is 24.4 Å². The highest BCUT2D eigenvalue weighted by atomic mass is 35.5. The van der Waals surface area contributed by atoms with Gasteiger partial charge < -0.3 is 4.74 Å². The van der Waals surface area contributed by atoms with Crippen molar-refractivity contribution in [1.29, 1.82) is 0 Å². The van der Waals surface area contributed by atoms with Crippen LogP contribution in [0.4, 0.5) is 0 Å². The summed E-state index contributed by atoms with van der Waals surface area (Å²) < 4.78 is 9.19. The van der Waals surface area contributed by atoms with Crippen molar-refractivity contribution in [2.45, 2.75) is 6.92 Å². The van der Waals surface area contributed by atoms with Crippen LogP contribution in [0.5, 0.6) is 5.75 Å². The first-order valence-electron chi connectivity index (χ1n) is 11.7. The van der Waals surface area contributed by atoms with E-state index in [4.69, 9.17) is 33.0 Å². The molecule has 10 heteroatoms. The molecule has 0 aliphatic carbocycles. The van der Waals surface area contributed by atoms with Gasteiger partial charge in [0.25, 0.3) is 5.56 Å². The third-order valence-corrected chi connectivity index (χ3v) is 7.35. The molecule has 0 aliphatic heterocycles. The average molecular weight is 560 g/mol. The van der Waals surface area contributed by atoms with E-state index in [1.807, 2.05) is 73.8 Å². The van der Waals surface area contributed by atoms with Crippen molar-refractivity contribution in [2.24, 2.45) is 0 Å². The number of thiazole rings is 1. The highest BCUT2D eigenvalue weighted by molar-refractivity contribution is 7.15. The molecule has 6 aromatic rings. The molecule has 0 spiro atoms. The van der Waals surface area contributed by atoms with Gasteiger partial charge >= 0.3 is 0 Å². The molecule has 0 amide bonds. The van der Waals surface area contributed by atoms with Crippen LogP contribution in [0.25, 0.3) is 39.4 Å². The molecule has 3 aromatic carbocycles. The Bertz CT molecular complexity index is 1880. The van der Waals surface area contributed by atoms with Gasteiger partial charge in [-0.25, -0.2) is 4.68 Å². The van der Waals surface area contributed by atoms with Crippen molar-refractivity contribution in [3.63, 3.8) is 0 Å². The van der Waals surface area contributed by atoms with Crippen molar-refractivity contribution in [3.05, 3.63) is 109 Å². The summed E-state index contributed by atoms with van der Waals surface area (Å²) >= 11 is 13.6. The van der Waals surface area contributed by atoms with Gasteiger partial charge in [-0.1, -0.05) is 52.7 Å². The summed E-state index contributed by atoms with van der Waals surface area (Å²) in [5.74, 6) is 1.15. The summed E-state index contributed by atoms with van der Waals surface area (Å²) in [6, 6.07) is 22.6. The Morgan fingerprint density at radius 2 is 1.79 bits per heavy atom. The summed E-state index contributed by atoms with van der Waals surface area (Å²) in [5, 5.41) is 10.2. The first-order chi connectivity index (χ1) is 18.5. The molecule has 38 heavy (non-hydrogen) atoms. The largest absolute Gasteiger partial charge is 0.494 e. The Morgan fingerprint density at radius 1 is 1.00 bits per heavy atom. The van der Waals surface area contributed by atoms with E-state index in [9.17, 15) is 4.79 Å². The second-order valence-corrected chi connectivity index (χ2v) is 10.2. The number of hydrogen-bond acceptors (Lipinski definition) is 6. The van der Waals surface area contributed by atoms with Crippen molar-refractivity contribution >= 4 is 45.6 Å². The van der Waals surface area contributed by atoms with E-state index in [-0.39, 0.29) is 5.56 Å². The standard InChI is InChI=1S/C28H19Cl2N5O2S/c1-2-37-21-11-8-17(9-12-21)25-18(16-34(32-25)20-6-4-3-5-7-20)14-24-27(36)35-28(38-24)31-26(33-35)22-13-10-19(29)15-23(22)30/h3-16H,2H2,1H3/b24-14-. The SMILES string of the molecule is CCOc1ccc(-c2nn(-c3ccccc3)cc2/C=c2\sc3nc(-c4ccc(Cl)cc4Cl)nn3c2=O)cc1. The molecule has 7 nitrogen and oxygen atoms in total. The van der Waals surface area contributed by atoms with Crippen LogP contribution in [0.3, 0.4) is 0 Å². The number of halogens is 2. The number of aromatic nitrogens is 5. The maximum atomic E-state index is 13.3. The Kier molecular flexibility index (Phi) is 6.45. The number of nitrogens with zero attached hydrogens (tertiary/aromatic N) is 5. The maximum Gasteiger partial charge on any atom is 0.291 e.